The zero-order valence-electron chi connectivity index (χ0n) is 21.6. The number of piperidine rings is 1. The molecule has 0 unspecified atom stereocenters. The minimum absolute atomic E-state index is 0.00772. The van der Waals surface area contributed by atoms with Crippen LogP contribution in [0.4, 0.5) is 24.8 Å². The van der Waals surface area contributed by atoms with E-state index in [1.165, 1.54) is 6.92 Å². The Morgan fingerprint density at radius 2 is 1.95 bits per heavy atom. The molecule has 0 aliphatic carbocycles. The lowest BCUT2D eigenvalue weighted by Crippen LogP contribution is -2.41. The summed E-state index contributed by atoms with van der Waals surface area (Å²) in [6.07, 6.45) is 2.15. The average molecular weight is 553 g/mol. The largest absolute Gasteiger partial charge is 0.433 e. The third-order valence-corrected chi connectivity index (χ3v) is 7.73. The van der Waals surface area contributed by atoms with Gasteiger partial charge in [-0.05, 0) is 38.3 Å². The molecule has 3 aromatic heterocycles. The number of aryl methyl sites for hydroxylation is 1. The molecule has 2 fully saturated rings. The minimum Gasteiger partial charge on any atom is -0.382 e. The topological polar surface area (TPSA) is 123 Å². The molecule has 2 aliphatic heterocycles. The van der Waals surface area contributed by atoms with Crippen LogP contribution in [0.3, 0.4) is 0 Å². The van der Waals surface area contributed by atoms with Crippen molar-refractivity contribution in [3.63, 3.8) is 0 Å². The molecule has 0 spiro atoms. The second-order valence-corrected chi connectivity index (χ2v) is 10.1. The number of nitrogens with two attached hydrogens (primary N) is 1. The lowest BCUT2D eigenvalue weighted by atomic mass is 9.92. The minimum atomic E-state index is -4.58. The zero-order chi connectivity index (χ0) is 28.2. The van der Waals surface area contributed by atoms with Crippen molar-refractivity contribution in [2.24, 2.45) is 0 Å². The van der Waals surface area contributed by atoms with E-state index in [0.29, 0.717) is 41.6 Å². The van der Waals surface area contributed by atoms with E-state index < -0.39 is 17.8 Å². The zero-order valence-corrected chi connectivity index (χ0v) is 21.6. The molecule has 2 amide bonds. The van der Waals surface area contributed by atoms with Gasteiger partial charge in [-0.2, -0.15) is 18.3 Å². The number of halogens is 3. The molecule has 6 rings (SSSR count). The second kappa shape index (κ2) is 9.65. The van der Waals surface area contributed by atoms with Gasteiger partial charge in [0.25, 0.3) is 5.91 Å². The predicted molar refractivity (Wildman–Crippen MR) is 140 cm³/mol. The van der Waals surface area contributed by atoms with Crippen LogP contribution in [0.2, 0.25) is 0 Å². The van der Waals surface area contributed by atoms with Crippen molar-refractivity contribution in [1.82, 2.24) is 29.0 Å². The Morgan fingerprint density at radius 1 is 1.18 bits per heavy atom. The second-order valence-electron chi connectivity index (χ2n) is 10.1. The highest BCUT2D eigenvalue weighted by Crippen LogP contribution is 2.38. The number of nitrogens with zero attached hydrogens (tertiary/aromatic N) is 6. The molecule has 10 nitrogen and oxygen atoms in total. The number of rotatable bonds is 5. The van der Waals surface area contributed by atoms with E-state index in [-0.39, 0.29) is 29.8 Å². The van der Waals surface area contributed by atoms with Crippen LogP contribution in [-0.2, 0) is 17.5 Å². The number of amides is 2. The number of imidazole rings is 1. The fourth-order valence-corrected chi connectivity index (χ4v) is 5.77. The summed E-state index contributed by atoms with van der Waals surface area (Å²) in [6.45, 7) is 2.15. The van der Waals surface area contributed by atoms with Crippen molar-refractivity contribution in [3.8, 4) is 11.3 Å². The van der Waals surface area contributed by atoms with E-state index in [4.69, 9.17) is 10.7 Å². The van der Waals surface area contributed by atoms with Gasteiger partial charge >= 0.3 is 6.18 Å². The number of hydrogen-bond acceptors (Lipinski definition) is 6. The monoisotopic (exact) mass is 552 g/mol. The van der Waals surface area contributed by atoms with Crippen LogP contribution in [0.15, 0.2) is 42.7 Å². The molecule has 208 valence electrons. The Morgan fingerprint density at radius 3 is 2.65 bits per heavy atom. The van der Waals surface area contributed by atoms with Gasteiger partial charge in [0.1, 0.15) is 28.5 Å². The first-order valence-electron chi connectivity index (χ1n) is 13.1. The molecule has 4 aromatic rings. The number of alkyl halides is 3. The molecule has 2 aliphatic rings. The van der Waals surface area contributed by atoms with Crippen LogP contribution in [0.25, 0.3) is 16.8 Å². The maximum absolute atomic E-state index is 13.2. The van der Waals surface area contributed by atoms with E-state index in [1.54, 1.807) is 30.5 Å². The van der Waals surface area contributed by atoms with Crippen molar-refractivity contribution < 1.29 is 22.8 Å². The molecular formula is C27H27F3N8O2. The highest BCUT2D eigenvalue weighted by molar-refractivity contribution is 6.04. The van der Waals surface area contributed by atoms with Crippen LogP contribution < -0.4 is 11.1 Å². The number of fused-ring (bicyclic) bond motifs is 2. The lowest BCUT2D eigenvalue weighted by molar-refractivity contribution is -0.144. The quantitative estimate of drug-likeness (QED) is 0.380. The Kier molecular flexibility index (Phi) is 6.23. The average Bonchev–Trinajstić information content (AvgIpc) is 3.64. The number of aromatic nitrogens is 5. The first kappa shape index (κ1) is 25.8. The first-order chi connectivity index (χ1) is 19.1. The summed E-state index contributed by atoms with van der Waals surface area (Å²) in [5, 5.41) is 6.29. The van der Waals surface area contributed by atoms with Gasteiger partial charge in [-0.3, -0.25) is 18.7 Å². The number of hydrogen-bond donors (Lipinski definition) is 2. The van der Waals surface area contributed by atoms with Crippen molar-refractivity contribution in [2.45, 2.75) is 57.3 Å². The highest BCUT2D eigenvalue weighted by atomic mass is 19.4. The predicted octanol–water partition coefficient (Wildman–Crippen LogP) is 4.33. The highest BCUT2D eigenvalue weighted by Gasteiger charge is 2.38. The number of benzene rings is 1. The van der Waals surface area contributed by atoms with Crippen molar-refractivity contribution in [2.75, 3.05) is 17.6 Å². The summed E-state index contributed by atoms with van der Waals surface area (Å²) in [5.74, 6) is 0.544. The van der Waals surface area contributed by atoms with Crippen LogP contribution in [0, 0.1) is 0 Å². The maximum atomic E-state index is 13.2. The van der Waals surface area contributed by atoms with Gasteiger partial charge in [-0.15, -0.1) is 0 Å². The standard InChI is InChI=1S/C27H27F3N8O2/c1-2-38-19(27(28,29)30)13-20(35-38)33-26(40)16-5-3-15(4-6-16)22-23-24(31)32-11-12-36(23)25(34-22)17-7-8-18-9-10-21(39)37(18)14-17/h3-6,11-13,17-18H,2,7-10,14H2,1H3,(H2,31,32)(H,33,35,40)/t17-,18+/m1/s1. The van der Waals surface area contributed by atoms with Gasteiger partial charge in [0.2, 0.25) is 5.91 Å². The molecule has 0 radical (unpaired) electrons. The molecule has 0 bridgehead atoms. The summed E-state index contributed by atoms with van der Waals surface area (Å²) in [5.41, 5.74) is 7.51. The van der Waals surface area contributed by atoms with E-state index >= 15 is 0 Å². The van der Waals surface area contributed by atoms with E-state index in [9.17, 15) is 22.8 Å². The Balaban J connectivity index is 1.28. The molecular weight excluding hydrogens is 525 g/mol. The third-order valence-electron chi connectivity index (χ3n) is 7.73. The number of carbonyl (C=O) groups excluding carboxylic acids is 2. The van der Waals surface area contributed by atoms with Crippen molar-refractivity contribution >= 4 is 29.0 Å². The van der Waals surface area contributed by atoms with Gasteiger partial charge < -0.3 is 16.0 Å². The fourth-order valence-electron chi connectivity index (χ4n) is 5.77. The van der Waals surface area contributed by atoms with Crippen LogP contribution in [-0.4, -0.2) is 53.5 Å². The normalized spacial score (nSPS) is 19.3. The fraction of sp³-hybridized carbons (Fsp3) is 0.370. The van der Waals surface area contributed by atoms with Crippen LogP contribution in [0.1, 0.15) is 60.4 Å². The van der Waals surface area contributed by atoms with Gasteiger partial charge in [0.05, 0.1) is 0 Å². The van der Waals surface area contributed by atoms with E-state index in [1.807, 2.05) is 15.5 Å². The summed E-state index contributed by atoms with van der Waals surface area (Å²) in [6, 6.07) is 7.67. The molecule has 3 N–H and O–H groups in total. The van der Waals surface area contributed by atoms with Gasteiger partial charge in [-0.25, -0.2) is 9.97 Å². The summed E-state index contributed by atoms with van der Waals surface area (Å²) in [4.78, 5) is 36.3. The summed E-state index contributed by atoms with van der Waals surface area (Å²) >= 11 is 0. The van der Waals surface area contributed by atoms with Gasteiger partial charge in [0, 0.05) is 61.1 Å². The lowest BCUT2D eigenvalue weighted by Gasteiger charge is -2.34. The Bertz CT molecular complexity index is 1610. The van der Waals surface area contributed by atoms with Crippen LogP contribution >= 0.6 is 0 Å². The molecule has 0 saturated carbocycles. The maximum Gasteiger partial charge on any atom is 0.433 e. The molecule has 5 heterocycles. The molecule has 40 heavy (non-hydrogen) atoms. The van der Waals surface area contributed by atoms with Crippen molar-refractivity contribution in [1.29, 1.82) is 0 Å². The van der Waals surface area contributed by atoms with Crippen LogP contribution in [0.5, 0.6) is 0 Å². The van der Waals surface area contributed by atoms with Gasteiger partial charge in [-0.1, -0.05) is 12.1 Å². The van der Waals surface area contributed by atoms with Gasteiger partial charge in [0.15, 0.2) is 5.82 Å². The Hall–Kier alpha value is -4.42. The molecule has 1 aromatic carbocycles. The smallest absolute Gasteiger partial charge is 0.382 e. The first-order valence-corrected chi connectivity index (χ1v) is 13.1. The number of nitrogen functional groups attached to an aromatic ring is 1. The molecule has 13 heteroatoms. The summed E-state index contributed by atoms with van der Waals surface area (Å²) < 4.78 is 42.4. The van der Waals surface area contributed by atoms with E-state index in [2.05, 4.69) is 15.4 Å². The SMILES string of the molecule is CCn1nc(NC(=O)c2ccc(-c3nc([C@@H]4CC[C@H]5CCC(=O)N5C4)n4ccnc(N)c34)cc2)cc1C(F)(F)F. The third kappa shape index (κ3) is 4.44. The number of carbonyl (C=O) groups is 2. The number of nitrogens with one attached hydrogen (secondary N) is 1. The Labute approximate surface area is 227 Å². The molecule has 2 saturated heterocycles. The molecule has 2 atom stereocenters. The van der Waals surface area contributed by atoms with E-state index in [0.717, 1.165) is 35.8 Å². The van der Waals surface area contributed by atoms with Crippen molar-refractivity contribution in [3.05, 3.63) is 59.8 Å². The summed E-state index contributed by atoms with van der Waals surface area (Å²) in [7, 11) is 0. The number of anilines is 2.